The Balaban J connectivity index is 1.55. The molecule has 1 aliphatic rings. The van der Waals surface area contributed by atoms with Crippen molar-refractivity contribution >= 4 is 23.2 Å². The van der Waals surface area contributed by atoms with Gasteiger partial charge in [-0.25, -0.2) is 0 Å². The molecular weight excluding hydrogens is 382 g/mol. The van der Waals surface area contributed by atoms with Gasteiger partial charge in [0.1, 0.15) is 0 Å². The molecule has 0 aliphatic carbocycles. The van der Waals surface area contributed by atoms with Crippen molar-refractivity contribution in [2.75, 3.05) is 25.7 Å². The molecule has 1 unspecified atom stereocenters. The van der Waals surface area contributed by atoms with Gasteiger partial charge >= 0.3 is 0 Å². The molecular formula is C20H18ClN3O4. The van der Waals surface area contributed by atoms with Crippen LogP contribution in [0.5, 0.6) is 11.5 Å². The first-order valence-corrected chi connectivity index (χ1v) is 9.08. The number of anilines is 1. The third kappa shape index (κ3) is 3.41. The van der Waals surface area contributed by atoms with E-state index in [1.165, 1.54) is 0 Å². The fourth-order valence-corrected chi connectivity index (χ4v) is 3.36. The summed E-state index contributed by atoms with van der Waals surface area (Å²) in [5.41, 5.74) is 1.54. The first-order valence-electron chi connectivity index (χ1n) is 8.71. The number of amides is 1. The lowest BCUT2D eigenvalue weighted by Crippen LogP contribution is -2.24. The van der Waals surface area contributed by atoms with Gasteiger partial charge in [0, 0.05) is 29.2 Å². The van der Waals surface area contributed by atoms with Crippen molar-refractivity contribution in [2.45, 2.75) is 12.3 Å². The number of nitrogens with zero attached hydrogens (tertiary/aromatic N) is 3. The van der Waals surface area contributed by atoms with Crippen LogP contribution in [0.1, 0.15) is 18.2 Å². The van der Waals surface area contributed by atoms with Gasteiger partial charge in [0.2, 0.25) is 17.6 Å². The summed E-state index contributed by atoms with van der Waals surface area (Å²) in [4.78, 5) is 18.7. The molecule has 28 heavy (non-hydrogen) atoms. The fourth-order valence-electron chi connectivity index (χ4n) is 3.24. The van der Waals surface area contributed by atoms with E-state index in [1.807, 2.05) is 18.2 Å². The highest BCUT2D eigenvalue weighted by Gasteiger charge is 2.35. The average Bonchev–Trinajstić information content (AvgIpc) is 3.35. The predicted molar refractivity (Wildman–Crippen MR) is 104 cm³/mol. The van der Waals surface area contributed by atoms with Gasteiger partial charge in [-0.15, -0.1) is 0 Å². The summed E-state index contributed by atoms with van der Waals surface area (Å²) in [5.74, 6) is 1.93. The summed E-state index contributed by atoms with van der Waals surface area (Å²) in [7, 11) is 3.15. The summed E-state index contributed by atoms with van der Waals surface area (Å²) in [5, 5.41) is 4.69. The van der Waals surface area contributed by atoms with Gasteiger partial charge in [-0.3, -0.25) is 4.79 Å². The van der Waals surface area contributed by atoms with Crippen molar-refractivity contribution in [1.82, 2.24) is 10.1 Å². The zero-order valence-electron chi connectivity index (χ0n) is 15.4. The Labute approximate surface area is 166 Å². The number of carbonyl (C=O) groups excluding carboxylic acids is 1. The molecule has 1 fully saturated rings. The van der Waals surface area contributed by atoms with Gasteiger partial charge in [0.25, 0.3) is 0 Å². The highest BCUT2D eigenvalue weighted by Crippen LogP contribution is 2.34. The number of aromatic nitrogens is 2. The zero-order valence-corrected chi connectivity index (χ0v) is 16.1. The molecule has 3 aromatic rings. The molecule has 1 saturated heterocycles. The second kappa shape index (κ2) is 7.52. The topological polar surface area (TPSA) is 77.7 Å². The molecule has 1 aliphatic heterocycles. The summed E-state index contributed by atoms with van der Waals surface area (Å²) in [6, 6.07) is 12.6. The Morgan fingerprint density at radius 2 is 1.86 bits per heavy atom. The van der Waals surface area contributed by atoms with Crippen LogP contribution in [0.15, 0.2) is 47.0 Å². The Morgan fingerprint density at radius 3 is 2.57 bits per heavy atom. The normalized spacial score (nSPS) is 16.5. The number of ether oxygens (including phenoxy) is 2. The van der Waals surface area contributed by atoms with E-state index in [9.17, 15) is 4.79 Å². The summed E-state index contributed by atoms with van der Waals surface area (Å²) in [6.45, 7) is 0.480. The average molecular weight is 400 g/mol. The third-order valence-electron chi connectivity index (χ3n) is 4.70. The molecule has 144 valence electrons. The van der Waals surface area contributed by atoms with E-state index in [-0.39, 0.29) is 11.8 Å². The second-order valence-electron chi connectivity index (χ2n) is 6.41. The second-order valence-corrected chi connectivity index (χ2v) is 6.84. The van der Waals surface area contributed by atoms with E-state index >= 15 is 0 Å². The van der Waals surface area contributed by atoms with Crippen molar-refractivity contribution < 1.29 is 18.8 Å². The molecule has 8 heteroatoms. The molecule has 0 saturated carbocycles. The van der Waals surface area contributed by atoms with Crippen LogP contribution < -0.4 is 14.4 Å². The fraction of sp³-hybridized carbons (Fsp3) is 0.250. The molecule has 7 nitrogen and oxygen atoms in total. The van der Waals surface area contributed by atoms with E-state index in [1.54, 1.807) is 43.4 Å². The zero-order chi connectivity index (χ0) is 19.7. The summed E-state index contributed by atoms with van der Waals surface area (Å²) < 4.78 is 16.0. The van der Waals surface area contributed by atoms with Gasteiger partial charge in [-0.05, 0) is 42.5 Å². The van der Waals surface area contributed by atoms with Gasteiger partial charge in [0.05, 0.1) is 20.1 Å². The highest BCUT2D eigenvalue weighted by atomic mass is 35.5. The standard InChI is InChI=1S/C20H18ClN3O4/c1-26-16-8-3-12(9-17(16)27-2)19-22-20(28-23-19)13-10-18(25)24(11-13)15-6-4-14(21)5-7-15/h3-9,13H,10-11H2,1-2H3. The van der Waals surface area contributed by atoms with Crippen LogP contribution in [-0.2, 0) is 4.79 Å². The first kappa shape index (κ1) is 18.3. The molecule has 0 bridgehead atoms. The third-order valence-corrected chi connectivity index (χ3v) is 4.95. The molecule has 0 radical (unpaired) electrons. The number of hydrogen-bond donors (Lipinski definition) is 0. The van der Waals surface area contributed by atoms with E-state index in [0.29, 0.717) is 41.2 Å². The largest absolute Gasteiger partial charge is 0.493 e. The van der Waals surface area contributed by atoms with E-state index in [4.69, 9.17) is 25.6 Å². The highest BCUT2D eigenvalue weighted by molar-refractivity contribution is 6.30. The minimum atomic E-state index is -0.162. The van der Waals surface area contributed by atoms with E-state index < -0.39 is 0 Å². The van der Waals surface area contributed by atoms with Crippen molar-refractivity contribution in [1.29, 1.82) is 0 Å². The van der Waals surface area contributed by atoms with E-state index in [2.05, 4.69) is 10.1 Å². The number of methoxy groups -OCH3 is 2. The quantitative estimate of drug-likeness (QED) is 0.647. The first-order chi connectivity index (χ1) is 13.6. The molecule has 1 atom stereocenters. The van der Waals surface area contributed by atoms with Crippen LogP contribution in [0.4, 0.5) is 5.69 Å². The number of carbonyl (C=O) groups is 1. The van der Waals surface area contributed by atoms with Crippen LogP contribution in [0, 0.1) is 0 Å². The molecule has 1 aromatic heterocycles. The Kier molecular flexibility index (Phi) is 4.92. The molecule has 2 heterocycles. The minimum absolute atomic E-state index is 0.0122. The van der Waals surface area contributed by atoms with E-state index in [0.717, 1.165) is 11.3 Å². The Morgan fingerprint density at radius 1 is 1.11 bits per heavy atom. The maximum atomic E-state index is 12.4. The van der Waals surface area contributed by atoms with Crippen molar-refractivity contribution in [3.8, 4) is 22.9 Å². The number of benzene rings is 2. The number of rotatable bonds is 5. The van der Waals surface area contributed by atoms with Crippen LogP contribution in [0.25, 0.3) is 11.4 Å². The molecule has 2 aromatic carbocycles. The lowest BCUT2D eigenvalue weighted by molar-refractivity contribution is -0.117. The van der Waals surface area contributed by atoms with Gasteiger partial charge in [-0.1, -0.05) is 16.8 Å². The predicted octanol–water partition coefficient (Wildman–Crippen LogP) is 3.93. The van der Waals surface area contributed by atoms with Crippen LogP contribution in [-0.4, -0.2) is 36.8 Å². The SMILES string of the molecule is COc1ccc(-c2noc(C3CC(=O)N(c4ccc(Cl)cc4)C3)n2)cc1OC. The Bertz CT molecular complexity index is 1000. The summed E-state index contributed by atoms with van der Waals surface area (Å²) >= 11 is 5.93. The van der Waals surface area contributed by atoms with Crippen molar-refractivity contribution in [2.24, 2.45) is 0 Å². The summed E-state index contributed by atoms with van der Waals surface area (Å²) in [6.07, 6.45) is 0.316. The molecule has 1 amide bonds. The maximum Gasteiger partial charge on any atom is 0.232 e. The van der Waals surface area contributed by atoms with Crippen LogP contribution in [0.2, 0.25) is 5.02 Å². The Hall–Kier alpha value is -3.06. The lowest BCUT2D eigenvalue weighted by Gasteiger charge is -2.15. The van der Waals surface area contributed by atoms with Crippen LogP contribution >= 0.6 is 11.6 Å². The monoisotopic (exact) mass is 399 g/mol. The maximum absolute atomic E-state index is 12.4. The van der Waals surface area contributed by atoms with Crippen molar-refractivity contribution in [3.63, 3.8) is 0 Å². The van der Waals surface area contributed by atoms with Crippen LogP contribution in [0.3, 0.4) is 0 Å². The molecule has 0 N–H and O–H groups in total. The smallest absolute Gasteiger partial charge is 0.232 e. The van der Waals surface area contributed by atoms with Gasteiger partial charge < -0.3 is 18.9 Å². The van der Waals surface area contributed by atoms with Crippen molar-refractivity contribution in [3.05, 3.63) is 53.4 Å². The van der Waals surface area contributed by atoms with Gasteiger partial charge in [-0.2, -0.15) is 4.98 Å². The minimum Gasteiger partial charge on any atom is -0.493 e. The van der Waals surface area contributed by atoms with Gasteiger partial charge in [0.15, 0.2) is 11.5 Å². The molecule has 0 spiro atoms. The molecule has 4 rings (SSSR count). The number of hydrogen-bond acceptors (Lipinski definition) is 6. The number of halogens is 1. The lowest BCUT2D eigenvalue weighted by atomic mass is 10.1.